The fourth-order valence-corrected chi connectivity index (χ4v) is 0.376. The zero-order valence-corrected chi connectivity index (χ0v) is 8.04. The topological polar surface area (TPSA) is 46.2 Å². The molecule has 0 atom stereocenters. The van der Waals surface area contributed by atoms with Crippen LogP contribution in [0.1, 0.15) is 19.8 Å². The second-order valence-electron chi connectivity index (χ2n) is 1.73. The third-order valence-corrected chi connectivity index (χ3v) is 0.909. The predicted octanol–water partition coefficient (Wildman–Crippen LogP) is 2.28. The minimum absolute atomic E-state index is 0.330. The third kappa shape index (κ3) is 24.9. The first-order chi connectivity index (χ1) is 6.31. The quantitative estimate of drug-likeness (QED) is 0.168. The van der Waals surface area contributed by atoms with Gasteiger partial charge < -0.3 is 4.74 Å². The molecule has 0 spiro atoms. The van der Waals surface area contributed by atoms with E-state index in [1.807, 2.05) is 6.92 Å². The summed E-state index contributed by atoms with van der Waals surface area (Å²) in [6.45, 7) is 16.3. The van der Waals surface area contributed by atoms with Crippen molar-refractivity contribution in [2.45, 2.75) is 19.8 Å². The monoisotopic (exact) mass is 184 g/mol. The summed E-state index contributed by atoms with van der Waals surface area (Å²) < 4.78 is 12.2. The van der Waals surface area contributed by atoms with Crippen molar-refractivity contribution in [3.8, 4) is 0 Å². The molecule has 13 heavy (non-hydrogen) atoms. The van der Waals surface area contributed by atoms with Crippen molar-refractivity contribution in [3.05, 3.63) is 32.5 Å². The van der Waals surface area contributed by atoms with Crippen molar-refractivity contribution in [3.63, 3.8) is 0 Å². The molecule has 3 nitrogen and oxygen atoms in total. The van der Waals surface area contributed by atoms with E-state index in [0.29, 0.717) is 6.61 Å². The van der Waals surface area contributed by atoms with Crippen LogP contribution in [0.25, 0.3) is 0 Å². The average Bonchev–Trinajstić information content (AvgIpc) is 2.24. The summed E-state index contributed by atoms with van der Waals surface area (Å²) in [4.78, 5) is 10.3. The first-order valence-corrected chi connectivity index (χ1v) is 3.81. The Labute approximate surface area is 79.8 Å². The average molecular weight is 184 g/mol. The maximum atomic E-state index is 10.3. The Hall–Kier alpha value is -1.31. The number of esters is 1. The number of ether oxygens (including phenoxy) is 1. The van der Waals surface area contributed by atoms with Crippen molar-refractivity contribution < 1.29 is 14.2 Å². The molecule has 0 bridgehead atoms. The molecule has 0 aromatic carbocycles. The van der Waals surface area contributed by atoms with Crippen LogP contribution in [0.2, 0.25) is 0 Å². The normalized spacial score (nSPS) is 6.38. The fourth-order valence-electron chi connectivity index (χ4n) is 0.376. The Bertz CT molecular complexity index is 138. The Balaban J connectivity index is -0.000000218. The second kappa shape index (κ2) is 22.4. The first kappa shape index (κ1) is 17.7. The zero-order valence-electron chi connectivity index (χ0n) is 8.04. The van der Waals surface area contributed by atoms with E-state index in [2.05, 4.69) is 31.1 Å². The van der Waals surface area contributed by atoms with Gasteiger partial charge >= 0.3 is 17.3 Å². The van der Waals surface area contributed by atoms with E-state index >= 15 is 0 Å². The number of carbonyl (C=O) groups is 1. The SMILES string of the molecule is C=C.C=CC(=O)OCCCC.[C-]#[O+]. The van der Waals surface area contributed by atoms with Gasteiger partial charge in [-0.2, -0.15) is 0 Å². The summed E-state index contributed by atoms with van der Waals surface area (Å²) in [6, 6.07) is 0. The summed E-state index contributed by atoms with van der Waals surface area (Å²) in [5, 5.41) is 0. The molecular formula is C10H16O3. The standard InChI is InChI=1S/C7H12O2.C2H4.CO/c1-3-5-6-9-7(8)4-2;2*1-2/h4H,2-3,5-6H2,1H3;1-2H2;. The van der Waals surface area contributed by atoms with Crippen molar-refractivity contribution in [1.29, 1.82) is 0 Å². The van der Waals surface area contributed by atoms with Gasteiger partial charge in [-0.25, -0.2) is 4.79 Å². The summed E-state index contributed by atoms with van der Waals surface area (Å²) in [5.74, 6) is -0.330. The van der Waals surface area contributed by atoms with Crippen LogP contribution in [-0.4, -0.2) is 12.6 Å². The molecule has 0 unspecified atom stereocenters. The van der Waals surface area contributed by atoms with Crippen LogP contribution in [0.4, 0.5) is 0 Å². The summed E-state index contributed by atoms with van der Waals surface area (Å²) in [6.07, 6.45) is 3.15. The van der Waals surface area contributed by atoms with Crippen LogP contribution < -0.4 is 0 Å². The molecule has 0 amide bonds. The third-order valence-electron chi connectivity index (χ3n) is 0.909. The maximum absolute atomic E-state index is 10.3. The Morgan fingerprint density at radius 3 is 2.31 bits per heavy atom. The fraction of sp³-hybridized carbons (Fsp3) is 0.400. The van der Waals surface area contributed by atoms with Crippen LogP contribution in [0, 0.1) is 6.65 Å². The Kier molecular flexibility index (Phi) is 30.5. The summed E-state index contributed by atoms with van der Waals surface area (Å²) in [7, 11) is 0. The van der Waals surface area contributed by atoms with Gasteiger partial charge in [0, 0.05) is 6.08 Å². The molecule has 0 saturated heterocycles. The van der Waals surface area contributed by atoms with Crippen molar-refractivity contribution in [2.75, 3.05) is 6.61 Å². The van der Waals surface area contributed by atoms with E-state index in [-0.39, 0.29) is 5.97 Å². The van der Waals surface area contributed by atoms with E-state index in [1.165, 1.54) is 6.08 Å². The van der Waals surface area contributed by atoms with E-state index in [1.54, 1.807) is 0 Å². The van der Waals surface area contributed by atoms with Gasteiger partial charge in [0.05, 0.1) is 6.61 Å². The van der Waals surface area contributed by atoms with Crippen LogP contribution >= 0.6 is 0 Å². The predicted molar refractivity (Wildman–Crippen MR) is 51.2 cm³/mol. The molecule has 0 aromatic heterocycles. The Morgan fingerprint density at radius 2 is 2.00 bits per heavy atom. The van der Waals surface area contributed by atoms with E-state index < -0.39 is 0 Å². The van der Waals surface area contributed by atoms with E-state index in [0.717, 1.165) is 12.8 Å². The number of hydrogen-bond acceptors (Lipinski definition) is 2. The Morgan fingerprint density at radius 1 is 1.54 bits per heavy atom. The van der Waals surface area contributed by atoms with Gasteiger partial charge in [0.15, 0.2) is 0 Å². The number of hydrogen-bond donors (Lipinski definition) is 0. The van der Waals surface area contributed by atoms with Crippen molar-refractivity contribution in [1.82, 2.24) is 0 Å². The van der Waals surface area contributed by atoms with E-state index in [9.17, 15) is 4.79 Å². The molecule has 0 aliphatic carbocycles. The molecule has 0 aliphatic heterocycles. The van der Waals surface area contributed by atoms with Gasteiger partial charge in [-0.05, 0) is 6.42 Å². The minimum atomic E-state index is -0.330. The molecule has 0 N–H and O–H groups in total. The summed E-state index contributed by atoms with van der Waals surface area (Å²) in [5.41, 5.74) is 0. The number of unbranched alkanes of at least 4 members (excludes halogenated alkanes) is 1. The van der Waals surface area contributed by atoms with Gasteiger partial charge in [-0.3, -0.25) is 0 Å². The molecule has 0 rings (SSSR count). The molecule has 0 aromatic rings. The molecule has 3 heteroatoms. The summed E-state index contributed by atoms with van der Waals surface area (Å²) >= 11 is 0. The van der Waals surface area contributed by atoms with Crippen molar-refractivity contribution in [2.24, 2.45) is 0 Å². The van der Waals surface area contributed by atoms with Crippen LogP contribution in [0.15, 0.2) is 25.8 Å². The van der Waals surface area contributed by atoms with Crippen molar-refractivity contribution >= 4 is 5.97 Å². The molecule has 0 saturated carbocycles. The van der Waals surface area contributed by atoms with Gasteiger partial charge in [-0.15, -0.1) is 13.2 Å². The zero-order chi connectivity index (χ0) is 11.1. The molecule has 0 fully saturated rings. The van der Waals surface area contributed by atoms with Gasteiger partial charge in [0.2, 0.25) is 0 Å². The first-order valence-electron chi connectivity index (χ1n) is 3.81. The van der Waals surface area contributed by atoms with Crippen LogP contribution in [-0.2, 0) is 14.2 Å². The number of carbonyl (C=O) groups excluding carboxylic acids is 1. The molecule has 0 heterocycles. The van der Waals surface area contributed by atoms with Gasteiger partial charge in [-0.1, -0.05) is 19.9 Å². The molecule has 0 radical (unpaired) electrons. The van der Waals surface area contributed by atoms with Gasteiger partial charge in [0.1, 0.15) is 0 Å². The molecule has 74 valence electrons. The van der Waals surface area contributed by atoms with Crippen LogP contribution in [0.5, 0.6) is 0 Å². The van der Waals surface area contributed by atoms with Crippen LogP contribution in [0.3, 0.4) is 0 Å². The van der Waals surface area contributed by atoms with E-state index in [4.69, 9.17) is 4.65 Å². The number of rotatable bonds is 4. The molecule has 0 aliphatic rings. The second-order valence-corrected chi connectivity index (χ2v) is 1.73. The molecular weight excluding hydrogens is 168 g/mol. The van der Waals surface area contributed by atoms with Gasteiger partial charge in [0.25, 0.3) is 0 Å².